The van der Waals surface area contributed by atoms with E-state index in [1.807, 2.05) is 55.4 Å². The molecule has 0 aromatic rings. The molecule has 18 heteroatoms. The van der Waals surface area contributed by atoms with Crippen LogP contribution in [-0.2, 0) is 43.1 Å². The van der Waals surface area contributed by atoms with Crippen LogP contribution in [0.2, 0.25) is 0 Å². The van der Waals surface area contributed by atoms with Crippen molar-refractivity contribution in [3.63, 3.8) is 0 Å². The summed E-state index contributed by atoms with van der Waals surface area (Å²) in [6, 6.07) is -3.02. The summed E-state index contributed by atoms with van der Waals surface area (Å²) in [6.07, 6.45) is 1.54. The minimum Gasteiger partial charge on any atom is -0.480 e. The van der Waals surface area contributed by atoms with Crippen molar-refractivity contribution in [2.24, 2.45) is 22.5 Å². The van der Waals surface area contributed by atoms with Crippen molar-refractivity contribution in [1.82, 2.24) is 31.1 Å². The number of hydrogen-bond acceptors (Lipinski definition) is 12. The van der Waals surface area contributed by atoms with E-state index in [1.54, 1.807) is 32.0 Å². The Hall–Kier alpha value is -4.03. The minimum absolute atomic E-state index is 0.0672. The van der Waals surface area contributed by atoms with Crippen LogP contribution in [0.1, 0.15) is 88.0 Å². The number of amides is 6. The number of unbranched alkanes of at least 4 members (excludes halogenated alkanes) is 1. The Bertz CT molecular complexity index is 1430. The van der Waals surface area contributed by atoms with E-state index in [9.17, 15) is 38.4 Å². The van der Waals surface area contributed by atoms with E-state index in [-0.39, 0.29) is 55.3 Å². The third-order valence-electron chi connectivity index (χ3n) is 9.09. The molecule has 7 N–H and O–H groups in total. The standard InChI is InChI=1S/C37H63N7O10S/c1-21(2)24(43(11)34(51)30(37(7,8)9)42-32(49)29(39-10)36(4,5)6)16-22(3)31(48)40-15-13-12-14-27(54-20-45)41-26(46)18-44-28(47)17-25(33(44)50)55-19-23(38)35(52)53/h16,20-21,23-25,27,29-30,39H,12-15,17-19,38H2,1-11H3,(H,40,48)(H,41,46)(H,42,49)(H,52,53)/b22-16+/t23-,24+,25?,27?,29+,30+/m0/s1. The van der Waals surface area contributed by atoms with E-state index in [0.717, 1.165) is 16.7 Å². The molecule has 0 aromatic heterocycles. The molecule has 0 bridgehead atoms. The fraction of sp³-hybridized carbons (Fsp3) is 0.730. The molecule has 1 aliphatic heterocycles. The number of ether oxygens (including phenoxy) is 1. The summed E-state index contributed by atoms with van der Waals surface area (Å²) in [5.74, 6) is -4.26. The number of nitrogens with two attached hydrogens (primary N) is 1. The number of aliphatic carboxylic acids is 1. The maximum atomic E-state index is 13.9. The van der Waals surface area contributed by atoms with E-state index >= 15 is 0 Å². The fourth-order valence-corrected chi connectivity index (χ4v) is 7.02. The lowest BCUT2D eigenvalue weighted by Gasteiger charge is -2.39. The number of nitrogens with one attached hydrogen (secondary N) is 4. The molecule has 0 saturated carbocycles. The summed E-state index contributed by atoms with van der Waals surface area (Å²) in [7, 11) is 3.37. The molecule has 1 fully saturated rings. The molecule has 1 heterocycles. The lowest BCUT2D eigenvalue weighted by Crippen LogP contribution is -2.60. The number of hydrogen-bond donors (Lipinski definition) is 6. The molecule has 0 aromatic carbocycles. The number of carbonyl (C=O) groups is 8. The molecule has 17 nitrogen and oxygen atoms in total. The zero-order chi connectivity index (χ0) is 42.4. The second kappa shape index (κ2) is 21.9. The van der Waals surface area contributed by atoms with E-state index in [1.165, 1.54) is 0 Å². The Balaban J connectivity index is 2.78. The Labute approximate surface area is 329 Å². The van der Waals surface area contributed by atoms with Crippen molar-refractivity contribution in [3.05, 3.63) is 11.6 Å². The highest BCUT2D eigenvalue weighted by Crippen LogP contribution is 2.27. The topological polar surface area (TPSA) is 247 Å². The first kappa shape index (κ1) is 49.0. The summed E-state index contributed by atoms with van der Waals surface area (Å²) in [5, 5.41) is 19.4. The highest BCUT2D eigenvalue weighted by molar-refractivity contribution is 8.00. The molecule has 0 aliphatic carbocycles. The Kier molecular flexibility index (Phi) is 19.5. The minimum atomic E-state index is -1.24. The van der Waals surface area contributed by atoms with Gasteiger partial charge in [0, 0.05) is 37.8 Å². The van der Waals surface area contributed by atoms with Gasteiger partial charge < -0.3 is 41.7 Å². The van der Waals surface area contributed by atoms with Crippen LogP contribution in [0, 0.1) is 16.7 Å². The van der Waals surface area contributed by atoms with Gasteiger partial charge in [0.15, 0.2) is 6.23 Å². The smallest absolute Gasteiger partial charge is 0.321 e. The molecule has 0 spiro atoms. The van der Waals surface area contributed by atoms with Crippen LogP contribution < -0.4 is 27.0 Å². The first-order chi connectivity index (χ1) is 25.4. The number of likely N-dealkylation sites (tertiary alicyclic amines) is 1. The maximum Gasteiger partial charge on any atom is 0.321 e. The van der Waals surface area contributed by atoms with Crippen LogP contribution in [0.15, 0.2) is 11.6 Å². The molecule has 55 heavy (non-hydrogen) atoms. The molecular weight excluding hydrogens is 735 g/mol. The monoisotopic (exact) mass is 797 g/mol. The molecular formula is C37H63N7O10S. The number of carbonyl (C=O) groups excluding carboxylic acids is 7. The number of nitrogens with zero attached hydrogens (tertiary/aromatic N) is 2. The van der Waals surface area contributed by atoms with Crippen molar-refractivity contribution in [2.45, 2.75) is 124 Å². The molecule has 1 saturated heterocycles. The van der Waals surface area contributed by atoms with Gasteiger partial charge in [-0.15, -0.1) is 11.8 Å². The van der Waals surface area contributed by atoms with Crippen LogP contribution in [-0.4, -0.2) is 131 Å². The molecule has 0 radical (unpaired) electrons. The van der Waals surface area contributed by atoms with E-state index in [2.05, 4.69) is 21.3 Å². The zero-order valence-corrected chi connectivity index (χ0v) is 35.0. The maximum absolute atomic E-state index is 13.9. The second-order valence-electron chi connectivity index (χ2n) is 16.3. The summed E-state index contributed by atoms with van der Waals surface area (Å²) < 4.78 is 4.97. The van der Waals surface area contributed by atoms with Crippen LogP contribution in [0.3, 0.4) is 0 Å². The molecule has 2 unspecified atom stereocenters. The van der Waals surface area contributed by atoms with Crippen molar-refractivity contribution < 1.29 is 48.2 Å². The van der Waals surface area contributed by atoms with Crippen molar-refractivity contribution >= 4 is 59.6 Å². The molecule has 6 atom stereocenters. The number of rotatable bonds is 22. The fourth-order valence-electron chi connectivity index (χ4n) is 5.91. The summed E-state index contributed by atoms with van der Waals surface area (Å²) in [4.78, 5) is 102. The van der Waals surface area contributed by atoms with Crippen LogP contribution in [0.25, 0.3) is 0 Å². The van der Waals surface area contributed by atoms with Crippen LogP contribution >= 0.6 is 11.8 Å². The van der Waals surface area contributed by atoms with Gasteiger partial charge in [0.1, 0.15) is 18.6 Å². The first-order valence-corrected chi connectivity index (χ1v) is 19.5. The van der Waals surface area contributed by atoms with Gasteiger partial charge in [0.05, 0.1) is 17.3 Å². The normalized spacial score (nSPS) is 17.9. The lowest BCUT2D eigenvalue weighted by atomic mass is 9.83. The van der Waals surface area contributed by atoms with Gasteiger partial charge in [0.2, 0.25) is 35.4 Å². The van der Waals surface area contributed by atoms with Crippen molar-refractivity contribution in [1.29, 1.82) is 0 Å². The Morgan fingerprint density at radius 3 is 2.15 bits per heavy atom. The Morgan fingerprint density at radius 2 is 1.64 bits per heavy atom. The number of imide groups is 1. The van der Waals surface area contributed by atoms with Crippen molar-refractivity contribution in [2.75, 3.05) is 32.9 Å². The molecule has 1 aliphatic rings. The zero-order valence-electron chi connectivity index (χ0n) is 34.1. The van der Waals surface area contributed by atoms with E-state index in [0.29, 0.717) is 18.4 Å². The van der Waals surface area contributed by atoms with Crippen LogP contribution in [0.4, 0.5) is 0 Å². The SMILES string of the molecule is CN[C@H](C(=O)N[C@H](C(=O)N(C)[C@H](/C=C(\C)C(=O)NCCCCC(NC(=O)CN1C(=O)CC(SC[C@H](N)C(=O)O)C1=O)OC=O)C(C)C)C(C)(C)C)C(C)(C)C. The average molecular weight is 798 g/mol. The number of carboxylic acid groups (broad SMARTS) is 1. The third kappa shape index (κ3) is 15.6. The predicted molar refractivity (Wildman–Crippen MR) is 208 cm³/mol. The predicted octanol–water partition coefficient (Wildman–Crippen LogP) is 0.755. The van der Waals surface area contributed by atoms with Gasteiger partial charge in [-0.2, -0.15) is 0 Å². The van der Waals surface area contributed by atoms with Gasteiger partial charge in [0.25, 0.3) is 6.47 Å². The molecule has 312 valence electrons. The van der Waals surface area contributed by atoms with Crippen molar-refractivity contribution in [3.8, 4) is 0 Å². The number of thioether (sulfide) groups is 1. The third-order valence-corrected chi connectivity index (χ3v) is 10.4. The van der Waals surface area contributed by atoms with Crippen LogP contribution in [0.5, 0.6) is 0 Å². The summed E-state index contributed by atoms with van der Waals surface area (Å²) >= 11 is 0.932. The van der Waals surface area contributed by atoms with Gasteiger partial charge in [-0.1, -0.05) is 61.5 Å². The highest BCUT2D eigenvalue weighted by Gasteiger charge is 2.41. The van der Waals surface area contributed by atoms with Gasteiger partial charge in [-0.25, -0.2) is 0 Å². The highest BCUT2D eigenvalue weighted by atomic mass is 32.2. The summed E-state index contributed by atoms with van der Waals surface area (Å²) in [6.45, 7) is 16.8. The largest absolute Gasteiger partial charge is 0.480 e. The average Bonchev–Trinajstić information content (AvgIpc) is 3.33. The lowest BCUT2D eigenvalue weighted by molar-refractivity contribution is -0.145. The van der Waals surface area contributed by atoms with Gasteiger partial charge >= 0.3 is 5.97 Å². The quantitative estimate of drug-likeness (QED) is 0.0292. The number of likely N-dealkylation sites (N-methyl/N-ethyl adjacent to an activating group) is 2. The Morgan fingerprint density at radius 1 is 1.04 bits per heavy atom. The molecule has 1 rings (SSSR count). The second-order valence-corrected chi connectivity index (χ2v) is 17.5. The van der Waals surface area contributed by atoms with Gasteiger partial charge in [-0.3, -0.25) is 43.3 Å². The summed E-state index contributed by atoms with van der Waals surface area (Å²) in [5.41, 5.74) is 4.87. The molecule has 6 amide bonds. The number of carboxylic acids is 1. The van der Waals surface area contributed by atoms with E-state index < -0.39 is 76.7 Å². The van der Waals surface area contributed by atoms with Gasteiger partial charge in [-0.05, 0) is 43.6 Å². The first-order valence-electron chi connectivity index (χ1n) is 18.4. The van der Waals surface area contributed by atoms with E-state index in [4.69, 9.17) is 15.6 Å².